The van der Waals surface area contributed by atoms with E-state index < -0.39 is 0 Å². The van der Waals surface area contributed by atoms with Crippen molar-refractivity contribution in [2.45, 2.75) is 0 Å². The molecule has 9 heavy (non-hydrogen) atoms. The Morgan fingerprint density at radius 1 is 1.44 bits per heavy atom. The van der Waals surface area contributed by atoms with Gasteiger partial charge in [-0.3, -0.25) is 0 Å². The summed E-state index contributed by atoms with van der Waals surface area (Å²) < 4.78 is 0. The zero-order valence-electron chi connectivity index (χ0n) is 4.70. The molecule has 0 bridgehead atoms. The smallest absolute Gasteiger partial charge is 0.172 e. The predicted octanol–water partition coefficient (Wildman–Crippen LogP) is 2.00. The molecular weight excluding hydrogens is 157 g/mol. The van der Waals surface area contributed by atoms with Crippen LogP contribution in [0.5, 0.6) is 0 Å². The van der Waals surface area contributed by atoms with E-state index >= 15 is 0 Å². The van der Waals surface area contributed by atoms with E-state index in [-0.39, 0.29) is 0 Å². The number of nitrogens with one attached hydrogen (secondary N) is 1. The molecule has 1 aliphatic rings. The summed E-state index contributed by atoms with van der Waals surface area (Å²) in [6.45, 7) is 0. The number of alkyl halides is 1. The van der Waals surface area contributed by atoms with E-state index in [1.165, 1.54) is 0 Å². The van der Waals surface area contributed by atoms with E-state index in [1.54, 1.807) is 12.3 Å². The molecule has 0 atom stereocenters. The van der Waals surface area contributed by atoms with Crippen LogP contribution in [0.2, 0.25) is 0 Å². The maximum atomic E-state index is 5.57. The predicted molar refractivity (Wildman–Crippen MR) is 40.2 cm³/mol. The molecule has 0 aromatic rings. The lowest BCUT2D eigenvalue weighted by molar-refractivity contribution is 1.03. The molecule has 3 heteroatoms. The largest absolute Gasteiger partial charge is 0.366 e. The molecule has 1 aliphatic heterocycles. The summed E-state index contributed by atoms with van der Waals surface area (Å²) in [7, 11) is 0. The van der Waals surface area contributed by atoms with Crippen LogP contribution in [0.25, 0.3) is 0 Å². The zero-order valence-corrected chi connectivity index (χ0v) is 6.21. The second-order valence-electron chi connectivity index (χ2n) is 1.68. The molecule has 0 amide bonds. The van der Waals surface area contributed by atoms with Crippen molar-refractivity contribution in [3.8, 4) is 0 Å². The minimum atomic E-state index is 0.521. The zero-order chi connectivity index (χ0) is 6.69. The number of halogens is 2. The van der Waals surface area contributed by atoms with Crippen LogP contribution >= 0.6 is 23.2 Å². The Hall–Kier alpha value is -0.140. The van der Waals surface area contributed by atoms with Crippen LogP contribution in [0, 0.1) is 5.50 Å². The SMILES string of the molecule is ClCC1=CN[C](Cl)C=C1. The van der Waals surface area contributed by atoms with Crippen molar-refractivity contribution in [3.05, 3.63) is 29.4 Å². The van der Waals surface area contributed by atoms with Gasteiger partial charge in [0.25, 0.3) is 0 Å². The monoisotopic (exact) mass is 162 g/mol. The quantitative estimate of drug-likeness (QED) is 0.460. The Kier molecular flexibility index (Phi) is 2.43. The average Bonchev–Trinajstić information content (AvgIpc) is 1.90. The van der Waals surface area contributed by atoms with Crippen LogP contribution in [-0.2, 0) is 0 Å². The van der Waals surface area contributed by atoms with Gasteiger partial charge in [-0.15, -0.1) is 11.6 Å². The van der Waals surface area contributed by atoms with Crippen LogP contribution in [0.15, 0.2) is 23.9 Å². The number of allylic oxidation sites excluding steroid dienone is 2. The topological polar surface area (TPSA) is 12.0 Å². The van der Waals surface area contributed by atoms with E-state index in [1.807, 2.05) is 6.08 Å². The molecule has 0 aliphatic carbocycles. The summed E-state index contributed by atoms with van der Waals surface area (Å²) in [5, 5.41) is 2.83. The lowest BCUT2D eigenvalue weighted by atomic mass is 10.2. The fourth-order valence-corrected chi connectivity index (χ4v) is 0.805. The minimum absolute atomic E-state index is 0.521. The van der Waals surface area contributed by atoms with Crippen molar-refractivity contribution in [1.82, 2.24) is 5.32 Å². The van der Waals surface area contributed by atoms with E-state index in [9.17, 15) is 0 Å². The van der Waals surface area contributed by atoms with Crippen molar-refractivity contribution in [1.29, 1.82) is 0 Å². The van der Waals surface area contributed by atoms with Crippen LogP contribution < -0.4 is 5.32 Å². The van der Waals surface area contributed by atoms with Gasteiger partial charge in [0, 0.05) is 12.1 Å². The third-order valence-corrected chi connectivity index (χ3v) is 1.54. The summed E-state index contributed by atoms with van der Waals surface area (Å²) in [5.41, 5.74) is 1.67. The van der Waals surface area contributed by atoms with Gasteiger partial charge in [-0.05, 0) is 11.6 Å². The summed E-state index contributed by atoms with van der Waals surface area (Å²) in [4.78, 5) is 0. The van der Waals surface area contributed by atoms with Gasteiger partial charge in [-0.2, -0.15) is 0 Å². The highest BCUT2D eigenvalue weighted by Gasteiger charge is 2.02. The Morgan fingerprint density at radius 3 is 2.67 bits per heavy atom. The van der Waals surface area contributed by atoms with E-state index in [2.05, 4.69) is 5.32 Å². The van der Waals surface area contributed by atoms with Crippen molar-refractivity contribution < 1.29 is 0 Å². The highest BCUT2D eigenvalue weighted by molar-refractivity contribution is 6.28. The molecule has 49 valence electrons. The van der Waals surface area contributed by atoms with Crippen LogP contribution in [0.4, 0.5) is 0 Å². The normalized spacial score (nSPS) is 19.1. The van der Waals surface area contributed by atoms with Gasteiger partial charge in [0.05, 0.1) is 0 Å². The maximum absolute atomic E-state index is 5.57. The van der Waals surface area contributed by atoms with Crippen molar-refractivity contribution in [2.24, 2.45) is 0 Å². The average molecular weight is 163 g/mol. The minimum Gasteiger partial charge on any atom is -0.366 e. The van der Waals surface area contributed by atoms with Gasteiger partial charge in [0.1, 0.15) is 0 Å². The van der Waals surface area contributed by atoms with Gasteiger partial charge in [-0.25, -0.2) is 0 Å². The number of rotatable bonds is 1. The molecule has 0 saturated carbocycles. The summed E-state index contributed by atoms with van der Waals surface area (Å²) >= 11 is 11.1. The highest BCUT2D eigenvalue weighted by Crippen LogP contribution is 2.12. The fourth-order valence-electron chi connectivity index (χ4n) is 0.521. The molecule has 0 fully saturated rings. The summed E-state index contributed by atoms with van der Waals surface area (Å²) in [6, 6.07) is 0. The van der Waals surface area contributed by atoms with E-state index in [4.69, 9.17) is 23.2 Å². The van der Waals surface area contributed by atoms with Gasteiger partial charge < -0.3 is 5.32 Å². The lowest BCUT2D eigenvalue weighted by Crippen LogP contribution is -2.10. The third-order valence-electron chi connectivity index (χ3n) is 0.993. The van der Waals surface area contributed by atoms with Crippen molar-refractivity contribution in [3.63, 3.8) is 0 Å². The summed E-state index contributed by atoms with van der Waals surface area (Å²) in [6.07, 6.45) is 5.44. The van der Waals surface area contributed by atoms with Crippen LogP contribution in [0.1, 0.15) is 0 Å². The molecule has 0 aromatic heterocycles. The standard InChI is InChI=1S/C6H6Cl2N/c7-3-5-1-2-6(8)9-4-5/h1-2,4,9H,3H2. The Labute approximate surface area is 64.3 Å². The third kappa shape index (κ3) is 1.92. The molecular formula is C6H6Cl2N. The van der Waals surface area contributed by atoms with Gasteiger partial charge in [0.15, 0.2) is 5.50 Å². The first kappa shape index (κ1) is 6.97. The van der Waals surface area contributed by atoms with Gasteiger partial charge in [0.2, 0.25) is 0 Å². The number of hydrogen-bond donors (Lipinski definition) is 1. The molecule has 0 saturated heterocycles. The molecule has 1 rings (SSSR count). The first-order valence-corrected chi connectivity index (χ1v) is 3.46. The van der Waals surface area contributed by atoms with Gasteiger partial charge in [-0.1, -0.05) is 17.7 Å². The number of dihydropyridines is 1. The van der Waals surface area contributed by atoms with E-state index in [0.29, 0.717) is 11.4 Å². The first-order valence-electron chi connectivity index (χ1n) is 2.55. The van der Waals surface area contributed by atoms with Crippen LogP contribution in [-0.4, -0.2) is 5.88 Å². The molecule has 1 nitrogen and oxygen atoms in total. The Balaban J connectivity index is 2.52. The molecule has 1 radical (unpaired) electrons. The van der Waals surface area contributed by atoms with E-state index in [0.717, 1.165) is 5.57 Å². The first-order chi connectivity index (χ1) is 4.33. The molecule has 0 aromatic carbocycles. The molecule has 1 heterocycles. The lowest BCUT2D eigenvalue weighted by Gasteiger charge is -2.08. The molecule has 0 spiro atoms. The van der Waals surface area contributed by atoms with Crippen molar-refractivity contribution >= 4 is 23.2 Å². The highest BCUT2D eigenvalue weighted by atomic mass is 35.5. The Morgan fingerprint density at radius 2 is 2.22 bits per heavy atom. The summed E-state index contributed by atoms with van der Waals surface area (Å²) in [5.74, 6) is 0.521. The second kappa shape index (κ2) is 3.14. The fraction of sp³-hybridized carbons (Fsp3) is 0.167. The number of hydrogen-bond acceptors (Lipinski definition) is 1. The molecule has 1 N–H and O–H groups in total. The van der Waals surface area contributed by atoms with Crippen LogP contribution in [0.3, 0.4) is 0 Å². The second-order valence-corrected chi connectivity index (χ2v) is 2.35. The van der Waals surface area contributed by atoms with Gasteiger partial charge >= 0.3 is 0 Å². The van der Waals surface area contributed by atoms with Crippen molar-refractivity contribution in [2.75, 3.05) is 5.88 Å². The Bertz CT molecular complexity index is 151. The molecule has 0 unspecified atom stereocenters. The maximum Gasteiger partial charge on any atom is 0.172 e.